The number of carbonyl (C=O) groups excluding carboxylic acids is 2. The molecule has 2 aromatic heterocycles. The molecule has 0 unspecified atom stereocenters. The number of ether oxygens (including phenoxy) is 1. The third kappa shape index (κ3) is 5.45. The predicted molar refractivity (Wildman–Crippen MR) is 161 cm³/mol. The molecule has 6 rings (SSSR count). The number of anilines is 4. The van der Waals surface area contributed by atoms with E-state index in [0.29, 0.717) is 41.2 Å². The summed E-state index contributed by atoms with van der Waals surface area (Å²) in [5.74, 6) is 1.88. The van der Waals surface area contributed by atoms with Gasteiger partial charge in [-0.2, -0.15) is 10.1 Å². The highest BCUT2D eigenvalue weighted by atomic mass is 28.3. The van der Waals surface area contributed by atoms with Gasteiger partial charge in [0.1, 0.15) is 11.6 Å². The quantitative estimate of drug-likeness (QED) is 0.180. The summed E-state index contributed by atoms with van der Waals surface area (Å²) in [6.07, 6.45) is 3.30. The molecule has 1 aliphatic heterocycles. The second-order valence-corrected chi connectivity index (χ2v) is 15.3. The number of aromatic nitrogens is 4. The van der Waals surface area contributed by atoms with Crippen LogP contribution >= 0.6 is 0 Å². The molecule has 3 aromatic carbocycles. The molecule has 0 fully saturated rings. The molecule has 5 aromatic rings. The number of hydrogen-bond donors (Lipinski definition) is 4. The molecule has 1 aliphatic rings. The van der Waals surface area contributed by atoms with E-state index in [1.54, 1.807) is 42.7 Å². The molecule has 11 nitrogen and oxygen atoms in total. The van der Waals surface area contributed by atoms with Gasteiger partial charge in [-0.3, -0.25) is 14.5 Å². The number of benzene rings is 3. The van der Waals surface area contributed by atoms with E-state index in [1.807, 2.05) is 40.7 Å². The maximum atomic E-state index is 12.9. The van der Waals surface area contributed by atoms with Gasteiger partial charge < -0.3 is 20.7 Å². The Labute approximate surface area is 237 Å². The molecule has 0 atom stereocenters. The number of rotatable bonds is 7. The fourth-order valence-electron chi connectivity index (χ4n) is 4.68. The molecule has 3 amide bonds. The molecule has 0 aliphatic carbocycles. The molecule has 0 radical (unpaired) electrons. The van der Waals surface area contributed by atoms with Crippen molar-refractivity contribution in [2.24, 2.45) is 0 Å². The van der Waals surface area contributed by atoms with E-state index in [1.165, 1.54) is 0 Å². The van der Waals surface area contributed by atoms with Crippen molar-refractivity contribution >= 4 is 54.1 Å². The number of amides is 3. The van der Waals surface area contributed by atoms with Crippen molar-refractivity contribution in [1.29, 1.82) is 0 Å². The van der Waals surface area contributed by atoms with E-state index in [-0.39, 0.29) is 11.9 Å². The SMILES string of the molecule is C[Si](C)(C)n1nccc1NC(=O)Nc1ccc(Oc2ccnc(Nc3ccc4c(c3)CNC4=O)n2)c2ccccc12. The number of nitrogens with zero attached hydrogens (tertiary/aromatic N) is 4. The van der Waals surface area contributed by atoms with Crippen LogP contribution in [0.5, 0.6) is 11.6 Å². The van der Waals surface area contributed by atoms with Crippen molar-refractivity contribution < 1.29 is 14.3 Å². The normalized spacial score (nSPS) is 12.5. The van der Waals surface area contributed by atoms with E-state index in [9.17, 15) is 9.59 Å². The first-order valence-electron chi connectivity index (χ1n) is 13.1. The highest BCUT2D eigenvalue weighted by Gasteiger charge is 2.22. The summed E-state index contributed by atoms with van der Waals surface area (Å²) in [5.41, 5.74) is 3.00. The lowest BCUT2D eigenvalue weighted by molar-refractivity contribution is 0.0965. The molecule has 0 bridgehead atoms. The van der Waals surface area contributed by atoms with Crippen LogP contribution in [0.4, 0.5) is 27.9 Å². The Morgan fingerprint density at radius 3 is 2.63 bits per heavy atom. The van der Waals surface area contributed by atoms with Gasteiger partial charge in [-0.05, 0) is 61.6 Å². The van der Waals surface area contributed by atoms with E-state index >= 15 is 0 Å². The Morgan fingerprint density at radius 2 is 1.80 bits per heavy atom. The van der Waals surface area contributed by atoms with Crippen molar-refractivity contribution in [3.63, 3.8) is 0 Å². The van der Waals surface area contributed by atoms with Gasteiger partial charge in [-0.15, -0.1) is 0 Å². The third-order valence-electron chi connectivity index (χ3n) is 6.54. The molecule has 12 heteroatoms. The molecule has 3 heterocycles. The van der Waals surface area contributed by atoms with E-state index in [0.717, 1.165) is 22.0 Å². The highest BCUT2D eigenvalue weighted by Crippen LogP contribution is 2.34. The lowest BCUT2D eigenvalue weighted by Crippen LogP contribution is -2.35. The van der Waals surface area contributed by atoms with Crippen LogP contribution in [0, 0.1) is 0 Å². The summed E-state index contributed by atoms with van der Waals surface area (Å²) in [6.45, 7) is 6.95. The second kappa shape index (κ2) is 10.4. The van der Waals surface area contributed by atoms with Crippen molar-refractivity contribution in [2.75, 3.05) is 16.0 Å². The molecular weight excluding hydrogens is 536 g/mol. The molecule has 0 saturated carbocycles. The number of fused-ring (bicyclic) bond motifs is 2. The first-order chi connectivity index (χ1) is 19.7. The zero-order chi connectivity index (χ0) is 28.6. The van der Waals surface area contributed by atoms with E-state index in [4.69, 9.17) is 4.74 Å². The summed E-state index contributed by atoms with van der Waals surface area (Å²) >= 11 is 0. The van der Waals surface area contributed by atoms with Gasteiger partial charge in [0.2, 0.25) is 11.8 Å². The van der Waals surface area contributed by atoms with Crippen molar-refractivity contribution in [2.45, 2.75) is 26.2 Å². The average molecular weight is 565 g/mol. The zero-order valence-electron chi connectivity index (χ0n) is 22.7. The van der Waals surface area contributed by atoms with Gasteiger partial charge in [0.25, 0.3) is 5.91 Å². The Hall–Kier alpha value is -5.23. The van der Waals surface area contributed by atoms with Crippen molar-refractivity contribution in [3.05, 3.63) is 90.3 Å². The lowest BCUT2D eigenvalue weighted by Gasteiger charge is -2.20. The molecule has 0 saturated heterocycles. The minimum absolute atomic E-state index is 0.0678. The van der Waals surface area contributed by atoms with Gasteiger partial charge in [0.05, 0.1) is 11.9 Å². The maximum absolute atomic E-state index is 12.9. The van der Waals surface area contributed by atoms with Gasteiger partial charge in [-0.25, -0.2) is 9.78 Å². The molecule has 206 valence electrons. The number of urea groups is 1. The Kier molecular flexibility index (Phi) is 6.59. The highest BCUT2D eigenvalue weighted by molar-refractivity contribution is 6.74. The molecule has 4 N–H and O–H groups in total. The Bertz CT molecular complexity index is 1800. The minimum atomic E-state index is -1.79. The molecule has 41 heavy (non-hydrogen) atoms. The van der Waals surface area contributed by atoms with Crippen molar-refractivity contribution in [3.8, 4) is 11.6 Å². The maximum Gasteiger partial charge on any atom is 0.324 e. The van der Waals surface area contributed by atoms with Gasteiger partial charge >= 0.3 is 6.03 Å². The summed E-state index contributed by atoms with van der Waals surface area (Å²) in [6, 6.07) is 19.9. The van der Waals surface area contributed by atoms with Crippen LogP contribution in [0.2, 0.25) is 19.6 Å². The number of nitrogens with one attached hydrogen (secondary N) is 4. The summed E-state index contributed by atoms with van der Waals surface area (Å²) in [5, 5.41) is 17.9. The van der Waals surface area contributed by atoms with Gasteiger partial charge in [0, 0.05) is 40.8 Å². The fourth-order valence-corrected chi connectivity index (χ4v) is 5.95. The fraction of sp³-hybridized carbons (Fsp3) is 0.138. The van der Waals surface area contributed by atoms with Crippen LogP contribution in [-0.4, -0.2) is 39.6 Å². The minimum Gasteiger partial charge on any atom is -0.438 e. The first-order valence-corrected chi connectivity index (χ1v) is 16.5. The Morgan fingerprint density at radius 1 is 0.976 bits per heavy atom. The summed E-state index contributed by atoms with van der Waals surface area (Å²) < 4.78 is 8.07. The topological polar surface area (TPSA) is 135 Å². The summed E-state index contributed by atoms with van der Waals surface area (Å²) in [7, 11) is -1.79. The molecule has 0 spiro atoms. The van der Waals surface area contributed by atoms with Crippen LogP contribution in [0.15, 0.2) is 79.1 Å². The Balaban J connectivity index is 1.20. The van der Waals surface area contributed by atoms with Crippen LogP contribution < -0.4 is 26.0 Å². The number of hydrogen-bond acceptors (Lipinski definition) is 7. The van der Waals surface area contributed by atoms with Crippen LogP contribution in [0.1, 0.15) is 15.9 Å². The van der Waals surface area contributed by atoms with Crippen LogP contribution in [0.25, 0.3) is 10.8 Å². The monoisotopic (exact) mass is 564 g/mol. The largest absolute Gasteiger partial charge is 0.438 e. The smallest absolute Gasteiger partial charge is 0.324 e. The van der Waals surface area contributed by atoms with Crippen molar-refractivity contribution in [1.82, 2.24) is 24.7 Å². The third-order valence-corrected chi connectivity index (χ3v) is 8.17. The summed E-state index contributed by atoms with van der Waals surface area (Å²) in [4.78, 5) is 33.6. The predicted octanol–water partition coefficient (Wildman–Crippen LogP) is 5.93. The van der Waals surface area contributed by atoms with E-state index in [2.05, 4.69) is 56.0 Å². The van der Waals surface area contributed by atoms with Crippen LogP contribution in [-0.2, 0) is 6.54 Å². The van der Waals surface area contributed by atoms with Gasteiger partial charge in [-0.1, -0.05) is 24.3 Å². The molecular formula is C29H28N8O3Si. The standard InChI is InChI=1S/C29H28N8O3Si/c1-41(2,3)37-25(12-15-32-37)35-29(39)34-23-10-11-24(22-7-5-4-6-21(22)23)40-26-13-14-30-28(36-26)33-19-8-9-20-18(16-19)17-31-27(20)38/h4-16H,17H2,1-3H3,(H,31,38)(H,30,33,36)(H2,34,35,39). The first kappa shape index (κ1) is 26.0. The van der Waals surface area contributed by atoms with Crippen LogP contribution in [0.3, 0.4) is 0 Å². The number of carbonyl (C=O) groups is 2. The zero-order valence-corrected chi connectivity index (χ0v) is 23.7. The van der Waals surface area contributed by atoms with Gasteiger partial charge in [0.15, 0.2) is 8.24 Å². The average Bonchev–Trinajstić information content (AvgIpc) is 3.57. The second-order valence-electron chi connectivity index (χ2n) is 10.5. The lowest BCUT2D eigenvalue weighted by atomic mass is 10.1. The van der Waals surface area contributed by atoms with E-state index < -0.39 is 8.24 Å².